The molecule has 0 aliphatic carbocycles. The van der Waals surface area contributed by atoms with Gasteiger partial charge in [-0.25, -0.2) is 0 Å². The van der Waals surface area contributed by atoms with E-state index in [0.29, 0.717) is 5.88 Å². The van der Waals surface area contributed by atoms with E-state index in [1.165, 1.54) is 6.07 Å². The van der Waals surface area contributed by atoms with Gasteiger partial charge < -0.3 is 10.2 Å². The van der Waals surface area contributed by atoms with E-state index in [4.69, 9.17) is 0 Å². The predicted molar refractivity (Wildman–Crippen MR) is 98.7 cm³/mol. The second-order valence-corrected chi connectivity index (χ2v) is 6.84. The lowest BCUT2D eigenvalue weighted by Crippen LogP contribution is -2.46. The van der Waals surface area contributed by atoms with E-state index in [9.17, 15) is 18.0 Å². The van der Waals surface area contributed by atoms with E-state index < -0.39 is 17.1 Å². The highest BCUT2D eigenvalue weighted by atomic mass is 32.2. The molecule has 2 aromatic rings. The second-order valence-electron chi connectivity index (χ2n) is 5.92. The summed E-state index contributed by atoms with van der Waals surface area (Å²) in [6, 6.07) is 6.08. The number of halogens is 3. The minimum Gasteiger partial charge on any atom is -0.369 e. The van der Waals surface area contributed by atoms with Crippen LogP contribution >= 0.6 is 11.8 Å². The van der Waals surface area contributed by atoms with Crippen LogP contribution in [0.5, 0.6) is 0 Å². The first kappa shape index (κ1) is 19.4. The minimum absolute atomic E-state index is 0.0809. The van der Waals surface area contributed by atoms with Crippen LogP contribution in [-0.4, -0.2) is 52.2 Å². The molecule has 10 heteroatoms. The standard InChI is InChI=1S/C17H18F3N5OS/c18-17(19,20)15-11-13(1-6-22-15)23-16(26)27-12-24-7-9-25(10-8-24)14-2-4-21-5-3-14/h1-6,11H,7-10,12H2,(H,22,23,26). The van der Waals surface area contributed by atoms with Gasteiger partial charge in [-0.05, 0) is 36.0 Å². The third kappa shape index (κ3) is 5.57. The molecule has 1 aliphatic rings. The Labute approximate surface area is 158 Å². The highest BCUT2D eigenvalue weighted by Gasteiger charge is 2.32. The van der Waals surface area contributed by atoms with Gasteiger partial charge in [0.1, 0.15) is 5.69 Å². The van der Waals surface area contributed by atoms with Gasteiger partial charge in [0.15, 0.2) is 0 Å². The van der Waals surface area contributed by atoms with Gasteiger partial charge in [-0.2, -0.15) is 13.2 Å². The first-order valence-electron chi connectivity index (χ1n) is 8.26. The zero-order chi connectivity index (χ0) is 19.3. The molecular formula is C17H18F3N5OS. The van der Waals surface area contributed by atoms with Crippen molar-refractivity contribution in [3.63, 3.8) is 0 Å². The number of alkyl halides is 3. The first-order chi connectivity index (χ1) is 12.9. The lowest BCUT2D eigenvalue weighted by molar-refractivity contribution is -0.141. The molecule has 0 saturated carbocycles. The topological polar surface area (TPSA) is 61.4 Å². The average molecular weight is 397 g/mol. The summed E-state index contributed by atoms with van der Waals surface area (Å²) < 4.78 is 38.0. The van der Waals surface area contributed by atoms with E-state index >= 15 is 0 Å². The van der Waals surface area contributed by atoms with Crippen LogP contribution in [0.4, 0.5) is 29.3 Å². The number of nitrogens with one attached hydrogen (secondary N) is 1. The van der Waals surface area contributed by atoms with Crippen molar-refractivity contribution in [2.75, 3.05) is 42.3 Å². The summed E-state index contributed by atoms with van der Waals surface area (Å²) in [7, 11) is 0. The van der Waals surface area contributed by atoms with Crippen molar-refractivity contribution in [1.29, 1.82) is 0 Å². The summed E-state index contributed by atoms with van der Waals surface area (Å²) in [5.74, 6) is 0.479. The fraction of sp³-hybridized carbons (Fsp3) is 0.353. The fourth-order valence-electron chi connectivity index (χ4n) is 2.66. The summed E-state index contributed by atoms with van der Waals surface area (Å²) in [4.78, 5) is 23.7. The summed E-state index contributed by atoms with van der Waals surface area (Å²) in [6.45, 7) is 3.28. The molecule has 1 saturated heterocycles. The number of carbonyl (C=O) groups is 1. The number of pyridine rings is 2. The molecule has 1 fully saturated rings. The highest BCUT2D eigenvalue weighted by molar-refractivity contribution is 8.13. The lowest BCUT2D eigenvalue weighted by Gasteiger charge is -2.35. The Morgan fingerprint density at radius 3 is 2.48 bits per heavy atom. The van der Waals surface area contributed by atoms with Crippen LogP contribution in [0.2, 0.25) is 0 Å². The van der Waals surface area contributed by atoms with E-state index in [1.54, 1.807) is 12.4 Å². The van der Waals surface area contributed by atoms with Crippen LogP contribution in [0, 0.1) is 0 Å². The van der Waals surface area contributed by atoms with Crippen molar-refractivity contribution in [2.45, 2.75) is 6.18 Å². The molecular weight excluding hydrogens is 379 g/mol. The van der Waals surface area contributed by atoms with Gasteiger partial charge in [0.25, 0.3) is 5.24 Å². The van der Waals surface area contributed by atoms with Crippen molar-refractivity contribution in [3.05, 3.63) is 48.5 Å². The van der Waals surface area contributed by atoms with Gasteiger partial charge in [0, 0.05) is 56.1 Å². The number of hydrogen-bond acceptors (Lipinski definition) is 6. The van der Waals surface area contributed by atoms with Crippen molar-refractivity contribution in [3.8, 4) is 0 Å². The number of amides is 1. The molecule has 3 heterocycles. The maximum Gasteiger partial charge on any atom is 0.433 e. The Bertz CT molecular complexity index is 767. The molecule has 0 atom stereocenters. The van der Waals surface area contributed by atoms with Gasteiger partial charge >= 0.3 is 6.18 Å². The molecule has 0 radical (unpaired) electrons. The number of thioether (sulfide) groups is 1. The first-order valence-corrected chi connectivity index (χ1v) is 9.25. The molecule has 1 N–H and O–H groups in total. The highest BCUT2D eigenvalue weighted by Crippen LogP contribution is 2.29. The number of carbonyl (C=O) groups excluding carboxylic acids is 1. The summed E-state index contributed by atoms with van der Waals surface area (Å²) in [6.07, 6.45) is 0.000190. The van der Waals surface area contributed by atoms with Gasteiger partial charge in [-0.1, -0.05) is 0 Å². The monoisotopic (exact) mass is 397 g/mol. The SMILES string of the molecule is O=C(Nc1ccnc(C(F)(F)F)c1)SCN1CCN(c2ccncc2)CC1. The molecule has 6 nitrogen and oxygen atoms in total. The predicted octanol–water partition coefficient (Wildman–Crippen LogP) is 3.54. The van der Waals surface area contributed by atoms with Crippen LogP contribution in [-0.2, 0) is 6.18 Å². The minimum atomic E-state index is -4.54. The third-order valence-electron chi connectivity index (χ3n) is 4.08. The number of nitrogens with zero attached hydrogens (tertiary/aromatic N) is 4. The van der Waals surface area contributed by atoms with Gasteiger partial charge in [0.05, 0.1) is 5.88 Å². The Morgan fingerprint density at radius 1 is 1.11 bits per heavy atom. The molecule has 1 aliphatic heterocycles. The maximum absolute atomic E-state index is 12.7. The normalized spacial score (nSPS) is 15.6. The molecule has 27 heavy (non-hydrogen) atoms. The van der Waals surface area contributed by atoms with Gasteiger partial charge in [-0.15, -0.1) is 0 Å². The Hall–Kier alpha value is -2.33. The quantitative estimate of drug-likeness (QED) is 0.852. The van der Waals surface area contributed by atoms with Crippen molar-refractivity contribution in [1.82, 2.24) is 14.9 Å². The van der Waals surface area contributed by atoms with Crippen molar-refractivity contribution in [2.24, 2.45) is 0 Å². The molecule has 0 bridgehead atoms. The van der Waals surface area contributed by atoms with E-state index in [1.807, 2.05) is 12.1 Å². The summed E-state index contributed by atoms with van der Waals surface area (Å²) in [5.41, 5.74) is 0.170. The Balaban J connectivity index is 1.44. The molecule has 144 valence electrons. The maximum atomic E-state index is 12.7. The van der Waals surface area contributed by atoms with Crippen molar-refractivity contribution >= 4 is 28.4 Å². The van der Waals surface area contributed by atoms with Crippen LogP contribution in [0.25, 0.3) is 0 Å². The van der Waals surface area contributed by atoms with E-state index in [2.05, 4.69) is 25.1 Å². The van der Waals surface area contributed by atoms with Crippen molar-refractivity contribution < 1.29 is 18.0 Å². The van der Waals surface area contributed by atoms with Crippen LogP contribution < -0.4 is 10.2 Å². The number of hydrogen-bond donors (Lipinski definition) is 1. The van der Waals surface area contributed by atoms with Crippen LogP contribution in [0.3, 0.4) is 0 Å². The zero-order valence-corrected chi connectivity index (χ0v) is 15.1. The van der Waals surface area contributed by atoms with E-state index in [0.717, 1.165) is 55.9 Å². The fourth-order valence-corrected chi connectivity index (χ4v) is 3.41. The molecule has 1 amide bonds. The number of anilines is 2. The Morgan fingerprint density at radius 2 is 1.81 bits per heavy atom. The summed E-state index contributed by atoms with van der Waals surface area (Å²) >= 11 is 1.03. The molecule has 0 unspecified atom stereocenters. The Kier molecular flexibility index (Phi) is 6.17. The van der Waals surface area contributed by atoms with Crippen LogP contribution in [0.1, 0.15) is 5.69 Å². The zero-order valence-electron chi connectivity index (χ0n) is 14.3. The number of aromatic nitrogens is 2. The van der Waals surface area contributed by atoms with E-state index in [-0.39, 0.29) is 5.69 Å². The molecule has 0 aromatic carbocycles. The average Bonchev–Trinajstić information content (AvgIpc) is 2.67. The largest absolute Gasteiger partial charge is 0.433 e. The van der Waals surface area contributed by atoms with Gasteiger partial charge in [-0.3, -0.25) is 19.7 Å². The van der Waals surface area contributed by atoms with Crippen LogP contribution in [0.15, 0.2) is 42.9 Å². The number of rotatable bonds is 4. The third-order valence-corrected chi connectivity index (χ3v) is 4.93. The summed E-state index contributed by atoms with van der Waals surface area (Å²) in [5, 5.41) is 2.07. The number of piperazine rings is 1. The molecule has 0 spiro atoms. The molecule has 3 rings (SSSR count). The van der Waals surface area contributed by atoms with Gasteiger partial charge in [0.2, 0.25) is 0 Å². The lowest BCUT2D eigenvalue weighted by atomic mass is 10.3. The second kappa shape index (κ2) is 8.57. The molecule has 2 aromatic heterocycles. The smallest absolute Gasteiger partial charge is 0.369 e.